The second-order valence-corrected chi connectivity index (χ2v) is 8.12. The van der Waals surface area contributed by atoms with Crippen molar-refractivity contribution >= 4 is 11.8 Å². The molecule has 0 unspecified atom stereocenters. The van der Waals surface area contributed by atoms with Crippen molar-refractivity contribution in [3.05, 3.63) is 22.8 Å². The van der Waals surface area contributed by atoms with Gasteiger partial charge in [0.05, 0.1) is 0 Å². The van der Waals surface area contributed by atoms with Crippen molar-refractivity contribution in [2.24, 2.45) is 11.3 Å². The van der Waals surface area contributed by atoms with Gasteiger partial charge in [-0.05, 0) is 64.9 Å². The average Bonchev–Trinajstić information content (AvgIpc) is 2.48. The van der Waals surface area contributed by atoms with Crippen LogP contribution < -0.4 is 0 Å². The molecule has 2 fully saturated rings. The number of hydrogen-bond donors (Lipinski definition) is 1. The normalized spacial score (nSPS) is 37.0. The SMILES string of the molecule is CC=C(C)C(=O)O[C@@H]1CC[C@@]2(C)CC(=O)C(=C(C)C)C[C@@H]2[C@]1(C)O. The zero-order chi connectivity index (χ0) is 18.3. The minimum atomic E-state index is -1.14. The van der Waals surface area contributed by atoms with E-state index in [-0.39, 0.29) is 23.1 Å². The Bertz CT molecular complexity index is 607. The van der Waals surface area contributed by atoms with Crippen LogP contribution >= 0.6 is 0 Å². The van der Waals surface area contributed by atoms with Gasteiger partial charge in [-0.1, -0.05) is 18.6 Å². The van der Waals surface area contributed by atoms with Crippen molar-refractivity contribution < 1.29 is 19.4 Å². The smallest absolute Gasteiger partial charge is 0.333 e. The molecule has 0 bridgehead atoms. The fourth-order valence-electron chi connectivity index (χ4n) is 4.31. The summed E-state index contributed by atoms with van der Waals surface area (Å²) in [5.74, 6) is -0.268. The molecule has 0 aromatic heterocycles. The maximum atomic E-state index is 12.5. The van der Waals surface area contributed by atoms with E-state index in [1.165, 1.54) is 0 Å². The molecule has 4 heteroatoms. The maximum absolute atomic E-state index is 12.5. The van der Waals surface area contributed by atoms with Crippen LogP contribution in [0.3, 0.4) is 0 Å². The lowest BCUT2D eigenvalue weighted by Gasteiger charge is -2.55. The monoisotopic (exact) mass is 334 g/mol. The summed E-state index contributed by atoms with van der Waals surface area (Å²) in [6, 6.07) is 0. The van der Waals surface area contributed by atoms with E-state index in [2.05, 4.69) is 6.92 Å². The van der Waals surface area contributed by atoms with Gasteiger partial charge < -0.3 is 9.84 Å². The Morgan fingerprint density at radius 1 is 1.29 bits per heavy atom. The van der Waals surface area contributed by atoms with Crippen LogP contribution in [0.15, 0.2) is 22.8 Å². The molecule has 4 atom stereocenters. The first kappa shape index (κ1) is 18.9. The van der Waals surface area contributed by atoms with Gasteiger partial charge in [0.1, 0.15) is 11.7 Å². The van der Waals surface area contributed by atoms with Crippen LogP contribution in [0.4, 0.5) is 0 Å². The van der Waals surface area contributed by atoms with Gasteiger partial charge in [0.15, 0.2) is 5.78 Å². The van der Waals surface area contributed by atoms with Crippen LogP contribution in [0.25, 0.3) is 0 Å². The first-order valence-corrected chi connectivity index (χ1v) is 8.78. The van der Waals surface area contributed by atoms with E-state index >= 15 is 0 Å². The van der Waals surface area contributed by atoms with Gasteiger partial charge in [-0.25, -0.2) is 4.79 Å². The third-order valence-corrected chi connectivity index (χ3v) is 6.09. The van der Waals surface area contributed by atoms with Crippen LogP contribution in [0.1, 0.15) is 67.2 Å². The number of aliphatic hydroxyl groups is 1. The van der Waals surface area contributed by atoms with Gasteiger partial charge in [-0.15, -0.1) is 0 Å². The quantitative estimate of drug-likeness (QED) is 0.617. The number of Topliss-reactive ketones (excluding diaryl/α,β-unsaturated/α-hetero) is 1. The lowest BCUT2D eigenvalue weighted by atomic mass is 9.53. The first-order valence-electron chi connectivity index (χ1n) is 8.78. The van der Waals surface area contributed by atoms with Crippen LogP contribution in [-0.4, -0.2) is 28.6 Å². The molecule has 0 aliphatic heterocycles. The second kappa shape index (κ2) is 6.47. The van der Waals surface area contributed by atoms with E-state index in [0.29, 0.717) is 24.8 Å². The molecule has 2 saturated carbocycles. The Labute approximate surface area is 145 Å². The van der Waals surface area contributed by atoms with Crippen LogP contribution in [0.5, 0.6) is 0 Å². The molecule has 2 aliphatic rings. The van der Waals surface area contributed by atoms with Gasteiger partial charge in [-0.3, -0.25) is 4.79 Å². The zero-order valence-corrected chi connectivity index (χ0v) is 15.7. The molecule has 0 radical (unpaired) electrons. The summed E-state index contributed by atoms with van der Waals surface area (Å²) in [7, 11) is 0. The molecule has 4 nitrogen and oxygen atoms in total. The molecule has 1 N–H and O–H groups in total. The summed E-state index contributed by atoms with van der Waals surface area (Å²) in [5.41, 5.74) is 1.01. The molecule has 0 heterocycles. The van der Waals surface area contributed by atoms with Crippen LogP contribution in [0, 0.1) is 11.3 Å². The lowest BCUT2D eigenvalue weighted by Crippen LogP contribution is -2.59. The highest BCUT2D eigenvalue weighted by Crippen LogP contribution is 2.55. The molecule has 2 aliphatic carbocycles. The highest BCUT2D eigenvalue weighted by atomic mass is 16.6. The summed E-state index contributed by atoms with van der Waals surface area (Å²) in [6.07, 6.45) is 3.56. The van der Waals surface area contributed by atoms with Gasteiger partial charge in [0.2, 0.25) is 0 Å². The molecule has 0 aromatic carbocycles. The number of hydrogen-bond acceptors (Lipinski definition) is 4. The fourth-order valence-corrected chi connectivity index (χ4v) is 4.31. The van der Waals surface area contributed by atoms with E-state index in [9.17, 15) is 14.7 Å². The zero-order valence-electron chi connectivity index (χ0n) is 15.7. The standard InChI is InChI=1S/C20H30O4/c1-7-13(4)18(22)24-17-8-9-19(5)11-15(21)14(12(2)3)10-16(19)20(17,6)23/h7,16-17,23H,8-11H2,1-6H3/t16-,17+,19-,20-/m0/s1. The summed E-state index contributed by atoms with van der Waals surface area (Å²) in [4.78, 5) is 24.6. The molecule has 2 rings (SSSR count). The first-order chi connectivity index (χ1) is 11.0. The molecular formula is C20H30O4. The van der Waals surface area contributed by atoms with E-state index in [4.69, 9.17) is 4.74 Å². The highest BCUT2D eigenvalue weighted by molar-refractivity contribution is 5.97. The highest BCUT2D eigenvalue weighted by Gasteiger charge is 2.57. The minimum Gasteiger partial charge on any atom is -0.456 e. The summed E-state index contributed by atoms with van der Waals surface area (Å²) >= 11 is 0. The minimum absolute atomic E-state index is 0.0925. The lowest BCUT2D eigenvalue weighted by molar-refractivity contribution is -0.197. The van der Waals surface area contributed by atoms with Gasteiger partial charge in [0.25, 0.3) is 0 Å². The molecule has 134 valence electrons. The summed E-state index contributed by atoms with van der Waals surface area (Å²) in [5, 5.41) is 11.3. The Morgan fingerprint density at radius 2 is 1.92 bits per heavy atom. The maximum Gasteiger partial charge on any atom is 0.333 e. The number of esters is 1. The molecule has 0 saturated heterocycles. The number of fused-ring (bicyclic) bond motifs is 1. The van der Waals surface area contributed by atoms with Crippen molar-refractivity contribution in [2.45, 2.75) is 78.9 Å². The van der Waals surface area contributed by atoms with E-state index in [1.807, 2.05) is 13.8 Å². The largest absolute Gasteiger partial charge is 0.456 e. The molecule has 0 aromatic rings. The van der Waals surface area contributed by atoms with E-state index in [1.54, 1.807) is 26.8 Å². The molecule has 24 heavy (non-hydrogen) atoms. The van der Waals surface area contributed by atoms with Crippen molar-refractivity contribution in [1.82, 2.24) is 0 Å². The Morgan fingerprint density at radius 3 is 2.46 bits per heavy atom. The van der Waals surface area contributed by atoms with Crippen molar-refractivity contribution in [3.8, 4) is 0 Å². The third-order valence-electron chi connectivity index (χ3n) is 6.09. The predicted molar refractivity (Wildman–Crippen MR) is 93.4 cm³/mol. The Hall–Kier alpha value is -1.42. The van der Waals surface area contributed by atoms with Crippen molar-refractivity contribution in [3.63, 3.8) is 0 Å². The third kappa shape index (κ3) is 3.21. The molecular weight excluding hydrogens is 304 g/mol. The Balaban J connectivity index is 2.31. The van der Waals surface area contributed by atoms with Crippen molar-refractivity contribution in [1.29, 1.82) is 0 Å². The van der Waals surface area contributed by atoms with Crippen LogP contribution in [-0.2, 0) is 14.3 Å². The summed E-state index contributed by atoms with van der Waals surface area (Å²) in [6.45, 7) is 11.2. The topological polar surface area (TPSA) is 63.6 Å². The summed E-state index contributed by atoms with van der Waals surface area (Å²) < 4.78 is 5.62. The van der Waals surface area contributed by atoms with E-state index in [0.717, 1.165) is 17.6 Å². The van der Waals surface area contributed by atoms with Gasteiger partial charge in [0, 0.05) is 17.9 Å². The number of allylic oxidation sites excluding steroid dienone is 3. The fraction of sp³-hybridized carbons (Fsp3) is 0.700. The van der Waals surface area contributed by atoms with Gasteiger partial charge >= 0.3 is 5.97 Å². The number of carbonyl (C=O) groups excluding carboxylic acids is 2. The predicted octanol–water partition coefficient (Wildman–Crippen LogP) is 3.73. The van der Waals surface area contributed by atoms with Gasteiger partial charge in [-0.2, -0.15) is 0 Å². The van der Waals surface area contributed by atoms with Crippen molar-refractivity contribution in [2.75, 3.05) is 0 Å². The number of rotatable bonds is 2. The Kier molecular flexibility index (Phi) is 5.10. The second-order valence-electron chi connectivity index (χ2n) is 8.12. The average molecular weight is 334 g/mol. The van der Waals surface area contributed by atoms with Crippen LogP contribution in [0.2, 0.25) is 0 Å². The molecule has 0 spiro atoms. The number of carbonyl (C=O) groups is 2. The number of ether oxygens (including phenoxy) is 1. The number of ketones is 1. The molecule has 0 amide bonds. The van der Waals surface area contributed by atoms with E-state index < -0.39 is 11.7 Å².